The van der Waals surface area contributed by atoms with E-state index in [1.165, 1.54) is 0 Å². The zero-order chi connectivity index (χ0) is 17.5. The van der Waals surface area contributed by atoms with Gasteiger partial charge in [-0.3, -0.25) is 8.37 Å². The second-order valence-corrected chi connectivity index (χ2v) is 10.3. The molecule has 136 valence electrons. The minimum absolute atomic E-state index is 0.215. The second-order valence-electron chi connectivity index (χ2n) is 7.21. The smallest absolute Gasteiger partial charge is 0.267 e. The van der Waals surface area contributed by atoms with Crippen LogP contribution in [0.5, 0.6) is 0 Å². The van der Waals surface area contributed by atoms with Crippen molar-refractivity contribution in [1.82, 2.24) is 0 Å². The summed E-state index contributed by atoms with van der Waals surface area (Å²) < 4.78 is 55.6. The van der Waals surface area contributed by atoms with Crippen LogP contribution in [-0.2, 0) is 28.6 Å². The van der Waals surface area contributed by atoms with Crippen LogP contribution in [0, 0.1) is 35.5 Å². The molecule has 0 amide bonds. The van der Waals surface area contributed by atoms with E-state index in [9.17, 15) is 16.8 Å². The zero-order valence-electron chi connectivity index (χ0n) is 13.5. The number of rotatable bonds is 8. The maximum absolute atomic E-state index is 11.4. The van der Waals surface area contributed by atoms with Gasteiger partial charge in [-0.25, -0.2) is 0 Å². The van der Waals surface area contributed by atoms with E-state index < -0.39 is 20.2 Å². The first-order valence-corrected chi connectivity index (χ1v) is 11.2. The van der Waals surface area contributed by atoms with Crippen LogP contribution in [-0.4, -0.2) is 30.0 Å². The molecule has 0 aromatic rings. The summed E-state index contributed by atoms with van der Waals surface area (Å²) in [6, 6.07) is 0. The fourth-order valence-electron chi connectivity index (χ4n) is 5.12. The fourth-order valence-corrected chi connectivity index (χ4v) is 6.06. The number of fused-ring (bicyclic) bond motifs is 5. The quantitative estimate of drug-likeness (QED) is 0.604. The molecule has 0 heterocycles. The minimum Gasteiger partial charge on any atom is -0.267 e. The molecular weight excluding hydrogens is 352 g/mol. The van der Waals surface area contributed by atoms with E-state index in [0.717, 1.165) is 36.5 Å². The third-order valence-electron chi connectivity index (χ3n) is 6.02. The van der Waals surface area contributed by atoms with Gasteiger partial charge in [0.1, 0.15) is 0 Å². The largest absolute Gasteiger partial charge is 0.289 e. The van der Waals surface area contributed by atoms with Crippen LogP contribution in [0.25, 0.3) is 0 Å². The Morgan fingerprint density at radius 2 is 1.38 bits per heavy atom. The van der Waals surface area contributed by atoms with Crippen molar-refractivity contribution in [2.24, 2.45) is 35.5 Å². The standard InChI is InChI=1S/C16H24O6S2/c1-3-23(17,18)21-9-11-5-14-12-7-13(10-22-24(19,20)4-2)15(8-12)16(14)6-11/h3-4,11-16H,1-2,5-10H2. The molecule has 0 radical (unpaired) electrons. The maximum atomic E-state index is 11.4. The van der Waals surface area contributed by atoms with Crippen LogP contribution < -0.4 is 0 Å². The molecule has 6 unspecified atom stereocenters. The first-order valence-electron chi connectivity index (χ1n) is 8.28. The first kappa shape index (κ1) is 18.1. The second kappa shape index (κ2) is 6.55. The average molecular weight is 376 g/mol. The lowest BCUT2D eigenvalue weighted by Crippen LogP contribution is -2.28. The van der Waals surface area contributed by atoms with Gasteiger partial charge in [-0.1, -0.05) is 13.2 Å². The van der Waals surface area contributed by atoms with Crippen molar-refractivity contribution in [1.29, 1.82) is 0 Å². The highest BCUT2D eigenvalue weighted by molar-refractivity contribution is 7.89. The van der Waals surface area contributed by atoms with Crippen molar-refractivity contribution < 1.29 is 25.2 Å². The lowest BCUT2D eigenvalue weighted by atomic mass is 9.76. The van der Waals surface area contributed by atoms with Gasteiger partial charge in [-0.2, -0.15) is 16.8 Å². The molecular formula is C16H24O6S2. The van der Waals surface area contributed by atoms with E-state index in [4.69, 9.17) is 8.37 Å². The van der Waals surface area contributed by atoms with Crippen molar-refractivity contribution in [3.8, 4) is 0 Å². The van der Waals surface area contributed by atoms with Crippen molar-refractivity contribution in [3.05, 3.63) is 24.0 Å². The normalized spacial score (nSPS) is 38.2. The van der Waals surface area contributed by atoms with Crippen LogP contribution in [0.15, 0.2) is 24.0 Å². The molecule has 6 nitrogen and oxygen atoms in total. The molecule has 0 N–H and O–H groups in total. The maximum Gasteiger partial charge on any atom is 0.289 e. The van der Waals surface area contributed by atoms with Crippen molar-refractivity contribution in [2.75, 3.05) is 13.2 Å². The van der Waals surface area contributed by atoms with E-state index in [0.29, 0.717) is 23.7 Å². The van der Waals surface area contributed by atoms with Crippen molar-refractivity contribution in [2.45, 2.75) is 25.7 Å². The predicted octanol–water partition coefficient (Wildman–Crippen LogP) is 2.26. The van der Waals surface area contributed by atoms with Crippen LogP contribution in [0.4, 0.5) is 0 Å². The molecule has 3 aliphatic carbocycles. The summed E-state index contributed by atoms with van der Waals surface area (Å²) in [5, 5.41) is 1.67. The highest BCUT2D eigenvalue weighted by Gasteiger charge is 2.55. The van der Waals surface area contributed by atoms with E-state index in [2.05, 4.69) is 13.2 Å². The van der Waals surface area contributed by atoms with Gasteiger partial charge < -0.3 is 0 Å². The molecule has 3 aliphatic rings. The molecule has 0 aliphatic heterocycles. The number of hydrogen-bond donors (Lipinski definition) is 0. The molecule has 24 heavy (non-hydrogen) atoms. The summed E-state index contributed by atoms with van der Waals surface area (Å²) in [6.07, 6.45) is 4.08. The van der Waals surface area contributed by atoms with Gasteiger partial charge >= 0.3 is 0 Å². The van der Waals surface area contributed by atoms with Crippen LogP contribution in [0.3, 0.4) is 0 Å². The fraction of sp³-hybridized carbons (Fsp3) is 0.750. The van der Waals surface area contributed by atoms with E-state index in [1.807, 2.05) is 0 Å². The van der Waals surface area contributed by atoms with Crippen LogP contribution in [0.2, 0.25) is 0 Å². The summed E-state index contributed by atoms with van der Waals surface area (Å²) in [7, 11) is -7.23. The Bertz CT molecular complexity index is 711. The summed E-state index contributed by atoms with van der Waals surface area (Å²) in [5.41, 5.74) is 0. The molecule has 0 aromatic carbocycles. The Morgan fingerprint density at radius 1 is 0.792 bits per heavy atom. The Kier molecular flexibility index (Phi) is 4.94. The van der Waals surface area contributed by atoms with Gasteiger partial charge in [0.15, 0.2) is 0 Å². The molecule has 0 aromatic heterocycles. The summed E-state index contributed by atoms with van der Waals surface area (Å²) in [5.74, 6) is 2.73. The van der Waals surface area contributed by atoms with Gasteiger partial charge in [-0.05, 0) is 61.2 Å². The van der Waals surface area contributed by atoms with E-state index in [-0.39, 0.29) is 25.0 Å². The van der Waals surface area contributed by atoms with Gasteiger partial charge in [0.25, 0.3) is 20.2 Å². The monoisotopic (exact) mass is 376 g/mol. The van der Waals surface area contributed by atoms with E-state index in [1.54, 1.807) is 0 Å². The Balaban J connectivity index is 1.55. The predicted molar refractivity (Wildman–Crippen MR) is 89.5 cm³/mol. The molecule has 0 saturated heterocycles. The zero-order valence-corrected chi connectivity index (χ0v) is 15.2. The summed E-state index contributed by atoms with van der Waals surface area (Å²) in [6.45, 7) is 6.94. The lowest BCUT2D eigenvalue weighted by Gasteiger charge is -2.30. The molecule has 8 heteroatoms. The van der Waals surface area contributed by atoms with Gasteiger partial charge in [0.05, 0.1) is 24.0 Å². The molecule has 6 atom stereocenters. The molecule has 0 spiro atoms. The van der Waals surface area contributed by atoms with Crippen molar-refractivity contribution >= 4 is 20.2 Å². The van der Waals surface area contributed by atoms with Gasteiger partial charge in [-0.15, -0.1) is 0 Å². The number of hydrogen-bond acceptors (Lipinski definition) is 6. The molecule has 2 bridgehead atoms. The topological polar surface area (TPSA) is 86.7 Å². The minimum atomic E-state index is -3.62. The Labute approximate surface area is 144 Å². The highest BCUT2D eigenvalue weighted by Crippen LogP contribution is 2.62. The average Bonchev–Trinajstić information content (AvgIpc) is 3.22. The molecule has 3 fully saturated rings. The van der Waals surface area contributed by atoms with Gasteiger partial charge in [0.2, 0.25) is 0 Å². The van der Waals surface area contributed by atoms with Gasteiger partial charge in [0, 0.05) is 0 Å². The summed E-state index contributed by atoms with van der Waals surface area (Å²) >= 11 is 0. The summed E-state index contributed by atoms with van der Waals surface area (Å²) in [4.78, 5) is 0. The van der Waals surface area contributed by atoms with Crippen molar-refractivity contribution in [3.63, 3.8) is 0 Å². The third-order valence-corrected chi connectivity index (χ3v) is 7.77. The Morgan fingerprint density at radius 3 is 2.00 bits per heavy atom. The van der Waals surface area contributed by atoms with E-state index >= 15 is 0 Å². The molecule has 3 rings (SSSR count). The SMILES string of the molecule is C=CS(=O)(=O)OCC1CC2C3CC(COS(=O)(=O)C=C)C(C3)C2C1. The Hall–Kier alpha value is -0.700. The highest BCUT2D eigenvalue weighted by atomic mass is 32.2. The first-order chi connectivity index (χ1) is 11.2. The molecule has 3 saturated carbocycles. The lowest BCUT2D eigenvalue weighted by molar-refractivity contribution is 0.136. The van der Waals surface area contributed by atoms with Crippen LogP contribution in [0.1, 0.15) is 25.7 Å². The third kappa shape index (κ3) is 3.61. The van der Waals surface area contributed by atoms with Crippen LogP contribution >= 0.6 is 0 Å².